The molecule has 94 valence electrons. The largest absolute Gasteiger partial charge is 0.307 e. The van der Waals surface area contributed by atoms with E-state index in [4.69, 9.17) is 0 Å². The predicted molar refractivity (Wildman–Crippen MR) is 74.5 cm³/mol. The topological polar surface area (TPSA) is 12.0 Å². The molecule has 17 heavy (non-hydrogen) atoms. The van der Waals surface area contributed by atoms with Gasteiger partial charge in [-0.05, 0) is 57.2 Å². The summed E-state index contributed by atoms with van der Waals surface area (Å²) in [6, 6.07) is 5.83. The van der Waals surface area contributed by atoms with Gasteiger partial charge in [-0.3, -0.25) is 0 Å². The van der Waals surface area contributed by atoms with Crippen molar-refractivity contribution >= 4 is 0 Å². The number of hydrogen-bond acceptors (Lipinski definition) is 1. The summed E-state index contributed by atoms with van der Waals surface area (Å²) in [5.41, 5.74) is 5.74. The Hall–Kier alpha value is -0.820. The molecule has 1 heteroatoms. The van der Waals surface area contributed by atoms with Crippen LogP contribution in [0.5, 0.6) is 0 Å². The molecule has 0 amide bonds. The van der Waals surface area contributed by atoms with Gasteiger partial charge in [-0.2, -0.15) is 0 Å². The van der Waals surface area contributed by atoms with Gasteiger partial charge in [0, 0.05) is 12.1 Å². The third kappa shape index (κ3) is 2.90. The highest BCUT2D eigenvalue weighted by Crippen LogP contribution is 2.26. The van der Waals surface area contributed by atoms with E-state index in [1.165, 1.54) is 47.9 Å². The van der Waals surface area contributed by atoms with Gasteiger partial charge in [0.15, 0.2) is 0 Å². The van der Waals surface area contributed by atoms with E-state index in [-0.39, 0.29) is 0 Å². The molecule has 1 aromatic rings. The Morgan fingerprint density at radius 1 is 1.06 bits per heavy atom. The van der Waals surface area contributed by atoms with Crippen molar-refractivity contribution in [2.45, 2.75) is 65.5 Å². The van der Waals surface area contributed by atoms with Crippen LogP contribution in [0.15, 0.2) is 12.1 Å². The summed E-state index contributed by atoms with van der Waals surface area (Å²) in [7, 11) is 0. The van der Waals surface area contributed by atoms with Crippen molar-refractivity contribution in [3.05, 3.63) is 34.4 Å². The molecule has 0 heterocycles. The van der Waals surface area contributed by atoms with Gasteiger partial charge in [-0.1, -0.05) is 30.5 Å². The molecule has 0 aliphatic heterocycles. The number of nitrogens with one attached hydrogen (secondary N) is 1. The normalized spacial score (nSPS) is 18.6. The van der Waals surface area contributed by atoms with Crippen LogP contribution >= 0.6 is 0 Å². The van der Waals surface area contributed by atoms with E-state index in [0.29, 0.717) is 6.04 Å². The van der Waals surface area contributed by atoms with Crippen molar-refractivity contribution in [2.24, 2.45) is 0 Å². The Labute approximate surface area is 106 Å². The fourth-order valence-corrected chi connectivity index (χ4v) is 3.40. The number of hydrogen-bond donors (Lipinski definition) is 1. The van der Waals surface area contributed by atoms with Crippen LogP contribution in [0, 0.1) is 20.8 Å². The Bertz CT molecular complexity index is 366. The van der Waals surface area contributed by atoms with E-state index in [1.807, 2.05) is 0 Å². The highest BCUT2D eigenvalue weighted by molar-refractivity contribution is 5.39. The van der Waals surface area contributed by atoms with E-state index in [2.05, 4.69) is 45.1 Å². The minimum Gasteiger partial charge on any atom is -0.307 e. The van der Waals surface area contributed by atoms with Gasteiger partial charge in [0.1, 0.15) is 0 Å². The van der Waals surface area contributed by atoms with Crippen LogP contribution in [-0.4, -0.2) is 6.04 Å². The van der Waals surface area contributed by atoms with Crippen LogP contribution in [0.25, 0.3) is 0 Å². The zero-order valence-corrected chi connectivity index (χ0v) is 11.6. The molecular formula is C16H25N. The Kier molecular flexibility index (Phi) is 3.88. The van der Waals surface area contributed by atoms with Gasteiger partial charge in [0.25, 0.3) is 0 Å². The van der Waals surface area contributed by atoms with E-state index < -0.39 is 0 Å². The molecule has 0 spiro atoms. The maximum Gasteiger partial charge on any atom is 0.0299 e. The number of benzene rings is 1. The summed E-state index contributed by atoms with van der Waals surface area (Å²) in [6.45, 7) is 8.96. The van der Waals surface area contributed by atoms with Crippen LogP contribution in [-0.2, 0) is 0 Å². The summed E-state index contributed by atoms with van der Waals surface area (Å²) in [5, 5.41) is 3.80. The van der Waals surface area contributed by atoms with Crippen LogP contribution in [0.1, 0.15) is 60.9 Å². The van der Waals surface area contributed by atoms with Gasteiger partial charge in [0.2, 0.25) is 0 Å². The fourth-order valence-electron chi connectivity index (χ4n) is 3.40. The average molecular weight is 231 g/mol. The summed E-state index contributed by atoms with van der Waals surface area (Å²) in [6.07, 6.45) is 5.51. The van der Waals surface area contributed by atoms with Crippen LogP contribution < -0.4 is 5.32 Å². The SMILES string of the molecule is Cc1cc(C)c(C(C)NC2CCCC2)c(C)c1. The first-order valence-electron chi connectivity index (χ1n) is 6.91. The van der Waals surface area contributed by atoms with E-state index in [1.54, 1.807) is 0 Å². The first-order valence-corrected chi connectivity index (χ1v) is 6.91. The fraction of sp³-hybridized carbons (Fsp3) is 0.625. The molecule has 1 aromatic carbocycles. The molecule has 1 fully saturated rings. The van der Waals surface area contributed by atoms with Crippen molar-refractivity contribution in [3.63, 3.8) is 0 Å². The molecule has 1 atom stereocenters. The van der Waals surface area contributed by atoms with Crippen LogP contribution in [0.2, 0.25) is 0 Å². The molecule has 1 N–H and O–H groups in total. The molecular weight excluding hydrogens is 206 g/mol. The summed E-state index contributed by atoms with van der Waals surface area (Å²) < 4.78 is 0. The maximum absolute atomic E-state index is 3.80. The summed E-state index contributed by atoms with van der Waals surface area (Å²) in [4.78, 5) is 0. The Morgan fingerprint density at radius 2 is 1.59 bits per heavy atom. The second-order valence-electron chi connectivity index (χ2n) is 5.68. The van der Waals surface area contributed by atoms with E-state index in [9.17, 15) is 0 Å². The number of aryl methyl sites for hydroxylation is 3. The van der Waals surface area contributed by atoms with Crippen LogP contribution in [0.4, 0.5) is 0 Å². The highest BCUT2D eigenvalue weighted by atomic mass is 14.9. The van der Waals surface area contributed by atoms with Gasteiger partial charge in [0.05, 0.1) is 0 Å². The smallest absolute Gasteiger partial charge is 0.0299 e. The van der Waals surface area contributed by atoms with Crippen molar-refractivity contribution < 1.29 is 0 Å². The standard InChI is InChI=1S/C16H25N/c1-11-9-12(2)16(13(3)10-11)14(4)17-15-7-5-6-8-15/h9-10,14-15,17H,5-8H2,1-4H3. The second kappa shape index (κ2) is 5.22. The van der Waals surface area contributed by atoms with Crippen molar-refractivity contribution in [2.75, 3.05) is 0 Å². The zero-order valence-electron chi connectivity index (χ0n) is 11.6. The molecule has 1 saturated carbocycles. The number of rotatable bonds is 3. The maximum atomic E-state index is 3.80. The lowest BCUT2D eigenvalue weighted by atomic mass is 9.94. The zero-order chi connectivity index (χ0) is 12.4. The first kappa shape index (κ1) is 12.6. The molecule has 1 nitrogen and oxygen atoms in total. The van der Waals surface area contributed by atoms with Gasteiger partial charge in [-0.15, -0.1) is 0 Å². The minimum absolute atomic E-state index is 0.485. The second-order valence-corrected chi connectivity index (χ2v) is 5.68. The highest BCUT2D eigenvalue weighted by Gasteiger charge is 2.19. The predicted octanol–water partition coefficient (Wildman–Crippen LogP) is 4.21. The van der Waals surface area contributed by atoms with Crippen LogP contribution in [0.3, 0.4) is 0 Å². The van der Waals surface area contributed by atoms with Crippen molar-refractivity contribution in [1.29, 1.82) is 0 Å². The van der Waals surface area contributed by atoms with Gasteiger partial charge in [-0.25, -0.2) is 0 Å². The Morgan fingerprint density at radius 3 is 2.12 bits per heavy atom. The molecule has 1 unspecified atom stereocenters. The van der Waals surface area contributed by atoms with E-state index >= 15 is 0 Å². The molecule has 0 aromatic heterocycles. The first-order chi connectivity index (χ1) is 8.08. The molecule has 0 bridgehead atoms. The van der Waals surface area contributed by atoms with Crippen molar-refractivity contribution in [3.8, 4) is 0 Å². The average Bonchev–Trinajstić information content (AvgIpc) is 2.68. The molecule has 0 saturated heterocycles. The molecule has 1 aliphatic carbocycles. The molecule has 0 radical (unpaired) electrons. The van der Waals surface area contributed by atoms with E-state index in [0.717, 1.165) is 6.04 Å². The third-order valence-electron chi connectivity index (χ3n) is 4.01. The van der Waals surface area contributed by atoms with Crippen molar-refractivity contribution in [1.82, 2.24) is 5.32 Å². The Balaban J connectivity index is 2.15. The third-order valence-corrected chi connectivity index (χ3v) is 4.01. The van der Waals surface area contributed by atoms with Gasteiger partial charge < -0.3 is 5.32 Å². The lowest BCUT2D eigenvalue weighted by molar-refractivity contribution is 0.459. The summed E-state index contributed by atoms with van der Waals surface area (Å²) in [5.74, 6) is 0. The van der Waals surface area contributed by atoms with Gasteiger partial charge >= 0.3 is 0 Å². The summed E-state index contributed by atoms with van der Waals surface area (Å²) >= 11 is 0. The minimum atomic E-state index is 0.485. The lowest BCUT2D eigenvalue weighted by Crippen LogP contribution is -2.29. The lowest BCUT2D eigenvalue weighted by Gasteiger charge is -2.23. The quantitative estimate of drug-likeness (QED) is 0.822. The molecule has 2 rings (SSSR count). The monoisotopic (exact) mass is 231 g/mol. The molecule has 1 aliphatic rings.